The van der Waals surface area contributed by atoms with Crippen LogP contribution in [0.2, 0.25) is 0 Å². The van der Waals surface area contributed by atoms with E-state index in [1.807, 2.05) is 13.1 Å². The number of aliphatic hydroxyl groups excluding tert-OH is 1. The van der Waals surface area contributed by atoms with E-state index in [1.54, 1.807) is 0 Å². The third-order valence-electron chi connectivity index (χ3n) is 3.28. The van der Waals surface area contributed by atoms with Crippen molar-refractivity contribution in [3.63, 3.8) is 0 Å². The molecular formula is C13H20N2O. The first-order valence-electron chi connectivity index (χ1n) is 6.11. The minimum atomic E-state index is 0.271. The van der Waals surface area contributed by atoms with Crippen LogP contribution in [0.3, 0.4) is 0 Å². The van der Waals surface area contributed by atoms with Gasteiger partial charge in [-0.05, 0) is 44.7 Å². The molecular weight excluding hydrogens is 200 g/mol. The average molecular weight is 220 g/mol. The lowest BCUT2D eigenvalue weighted by atomic mass is 9.91. The predicted octanol–water partition coefficient (Wildman–Crippen LogP) is 2.13. The Morgan fingerprint density at radius 1 is 1.50 bits per heavy atom. The molecule has 3 heteroatoms. The second kappa shape index (κ2) is 5.30. The molecule has 88 valence electrons. The van der Waals surface area contributed by atoms with Crippen LogP contribution in [0, 0.1) is 6.92 Å². The monoisotopic (exact) mass is 220 g/mol. The minimum absolute atomic E-state index is 0.271. The maximum atomic E-state index is 8.95. The first kappa shape index (κ1) is 11.4. The number of pyridine rings is 1. The second-order valence-electron chi connectivity index (χ2n) is 4.51. The molecule has 1 fully saturated rings. The van der Waals surface area contributed by atoms with Gasteiger partial charge >= 0.3 is 0 Å². The highest BCUT2D eigenvalue weighted by Crippen LogP contribution is 2.29. The normalized spacial score (nSPS) is 15.9. The molecule has 1 aliphatic rings. The molecule has 0 aliphatic heterocycles. The fraction of sp³-hybridized carbons (Fsp3) is 0.615. The van der Waals surface area contributed by atoms with E-state index < -0.39 is 0 Å². The molecule has 0 saturated heterocycles. The van der Waals surface area contributed by atoms with Gasteiger partial charge in [-0.25, -0.2) is 0 Å². The molecule has 0 spiro atoms. The molecule has 1 aromatic heterocycles. The van der Waals surface area contributed by atoms with Gasteiger partial charge in [0, 0.05) is 36.8 Å². The van der Waals surface area contributed by atoms with E-state index in [1.165, 1.54) is 24.9 Å². The largest absolute Gasteiger partial charge is 0.396 e. The van der Waals surface area contributed by atoms with Gasteiger partial charge in [0.25, 0.3) is 0 Å². The van der Waals surface area contributed by atoms with Crippen LogP contribution in [0.4, 0.5) is 5.69 Å². The van der Waals surface area contributed by atoms with Gasteiger partial charge in [0.05, 0.1) is 0 Å². The van der Waals surface area contributed by atoms with Crippen LogP contribution < -0.4 is 4.90 Å². The number of hydrogen-bond donors (Lipinski definition) is 1. The van der Waals surface area contributed by atoms with Crippen molar-refractivity contribution in [1.29, 1.82) is 0 Å². The summed E-state index contributed by atoms with van der Waals surface area (Å²) in [6.45, 7) is 3.24. The van der Waals surface area contributed by atoms with Crippen molar-refractivity contribution < 1.29 is 5.11 Å². The molecule has 0 amide bonds. The lowest BCUT2D eigenvalue weighted by molar-refractivity contribution is 0.283. The van der Waals surface area contributed by atoms with Gasteiger partial charge in [-0.15, -0.1) is 0 Å². The minimum Gasteiger partial charge on any atom is -0.396 e. The number of nitrogens with zero attached hydrogens (tertiary/aromatic N) is 2. The number of rotatable bonds is 5. The van der Waals surface area contributed by atoms with Gasteiger partial charge in [0.15, 0.2) is 0 Å². The molecule has 2 rings (SSSR count). The van der Waals surface area contributed by atoms with Crippen molar-refractivity contribution >= 4 is 5.69 Å². The van der Waals surface area contributed by atoms with Gasteiger partial charge in [0.2, 0.25) is 0 Å². The molecule has 1 saturated carbocycles. The quantitative estimate of drug-likeness (QED) is 0.826. The highest BCUT2D eigenvalue weighted by atomic mass is 16.3. The molecule has 0 bridgehead atoms. The summed E-state index contributed by atoms with van der Waals surface area (Å²) in [4.78, 5) is 6.65. The summed E-state index contributed by atoms with van der Waals surface area (Å²) < 4.78 is 0. The Kier molecular flexibility index (Phi) is 3.78. The number of aryl methyl sites for hydroxylation is 1. The topological polar surface area (TPSA) is 36.4 Å². The summed E-state index contributed by atoms with van der Waals surface area (Å²) in [6, 6.07) is 4.88. The zero-order valence-electron chi connectivity index (χ0n) is 9.89. The van der Waals surface area contributed by atoms with Crippen LogP contribution in [0.25, 0.3) is 0 Å². The van der Waals surface area contributed by atoms with Crippen LogP contribution in [-0.4, -0.2) is 29.3 Å². The standard InChI is InChI=1S/C13H20N2O/c1-11-10-13(6-7-14-11)15(8-3-9-16)12-4-2-5-12/h6-7,10,12,16H,2-5,8-9H2,1H3. The number of hydrogen-bond acceptors (Lipinski definition) is 3. The fourth-order valence-electron chi connectivity index (χ4n) is 2.17. The molecule has 1 heterocycles. The Bertz CT molecular complexity index is 336. The summed E-state index contributed by atoms with van der Waals surface area (Å²) in [6.07, 6.45) is 6.62. The van der Waals surface area contributed by atoms with Crippen LogP contribution in [-0.2, 0) is 0 Å². The highest BCUT2D eigenvalue weighted by molar-refractivity contribution is 5.47. The molecule has 0 unspecified atom stereocenters. The molecule has 1 aliphatic carbocycles. The first-order valence-corrected chi connectivity index (χ1v) is 6.11. The molecule has 3 nitrogen and oxygen atoms in total. The van der Waals surface area contributed by atoms with E-state index in [0.717, 1.165) is 18.7 Å². The molecule has 0 radical (unpaired) electrons. The van der Waals surface area contributed by atoms with Crippen molar-refractivity contribution in [2.75, 3.05) is 18.1 Å². The Hall–Kier alpha value is -1.09. The summed E-state index contributed by atoms with van der Waals surface area (Å²) in [7, 11) is 0. The average Bonchev–Trinajstić information content (AvgIpc) is 2.21. The number of aromatic nitrogens is 1. The number of aliphatic hydroxyl groups is 1. The van der Waals surface area contributed by atoms with Crippen molar-refractivity contribution in [3.8, 4) is 0 Å². The summed E-state index contributed by atoms with van der Waals surface area (Å²) in [5.74, 6) is 0. The summed E-state index contributed by atoms with van der Waals surface area (Å²) in [5, 5.41) is 8.95. The lowest BCUT2D eigenvalue weighted by Crippen LogP contribution is -2.41. The van der Waals surface area contributed by atoms with Crippen LogP contribution in [0.15, 0.2) is 18.3 Å². The smallest absolute Gasteiger partial charge is 0.0447 e. The van der Waals surface area contributed by atoms with Crippen LogP contribution in [0.5, 0.6) is 0 Å². The summed E-state index contributed by atoms with van der Waals surface area (Å²) >= 11 is 0. The third-order valence-corrected chi connectivity index (χ3v) is 3.28. The Morgan fingerprint density at radius 2 is 2.31 bits per heavy atom. The van der Waals surface area contributed by atoms with Crippen molar-refractivity contribution in [2.45, 2.75) is 38.6 Å². The maximum Gasteiger partial charge on any atom is 0.0447 e. The molecule has 1 aromatic rings. The Labute approximate surface area is 97.1 Å². The SMILES string of the molecule is Cc1cc(N(CCCO)C2CCC2)ccn1. The molecule has 0 atom stereocenters. The molecule has 1 N–H and O–H groups in total. The van der Waals surface area contributed by atoms with Gasteiger partial charge in [-0.2, -0.15) is 0 Å². The Balaban J connectivity index is 2.10. The predicted molar refractivity (Wildman–Crippen MR) is 65.7 cm³/mol. The van der Waals surface area contributed by atoms with E-state index in [-0.39, 0.29) is 6.61 Å². The first-order chi connectivity index (χ1) is 7.81. The van der Waals surface area contributed by atoms with Gasteiger partial charge in [0.1, 0.15) is 0 Å². The van der Waals surface area contributed by atoms with E-state index >= 15 is 0 Å². The van der Waals surface area contributed by atoms with E-state index in [9.17, 15) is 0 Å². The third kappa shape index (κ3) is 2.53. The highest BCUT2D eigenvalue weighted by Gasteiger charge is 2.24. The maximum absolute atomic E-state index is 8.95. The number of anilines is 1. The zero-order valence-corrected chi connectivity index (χ0v) is 9.89. The second-order valence-corrected chi connectivity index (χ2v) is 4.51. The Morgan fingerprint density at radius 3 is 2.88 bits per heavy atom. The van der Waals surface area contributed by atoms with Crippen molar-refractivity contribution in [2.24, 2.45) is 0 Å². The molecule has 0 aromatic carbocycles. The van der Waals surface area contributed by atoms with Crippen LogP contribution >= 0.6 is 0 Å². The van der Waals surface area contributed by atoms with Gasteiger partial charge in [-0.1, -0.05) is 0 Å². The van der Waals surface area contributed by atoms with Crippen molar-refractivity contribution in [3.05, 3.63) is 24.0 Å². The van der Waals surface area contributed by atoms with E-state index in [4.69, 9.17) is 5.11 Å². The summed E-state index contributed by atoms with van der Waals surface area (Å²) in [5.41, 5.74) is 2.32. The van der Waals surface area contributed by atoms with Gasteiger partial charge in [-0.3, -0.25) is 4.98 Å². The molecule has 16 heavy (non-hydrogen) atoms. The van der Waals surface area contributed by atoms with E-state index in [0.29, 0.717) is 6.04 Å². The van der Waals surface area contributed by atoms with Gasteiger partial charge < -0.3 is 10.0 Å². The van der Waals surface area contributed by atoms with E-state index in [2.05, 4.69) is 22.0 Å². The van der Waals surface area contributed by atoms with Crippen molar-refractivity contribution in [1.82, 2.24) is 4.98 Å². The fourth-order valence-corrected chi connectivity index (χ4v) is 2.17. The lowest BCUT2D eigenvalue weighted by Gasteiger charge is -2.39. The van der Waals surface area contributed by atoms with Crippen LogP contribution in [0.1, 0.15) is 31.4 Å². The zero-order chi connectivity index (χ0) is 11.4.